The lowest BCUT2D eigenvalue weighted by atomic mass is 10.2. The lowest BCUT2D eigenvalue weighted by Gasteiger charge is -2.02. The van der Waals surface area contributed by atoms with Gasteiger partial charge in [-0.1, -0.05) is 52.0 Å². The van der Waals surface area contributed by atoms with Crippen molar-refractivity contribution in [2.75, 3.05) is 5.32 Å². The van der Waals surface area contributed by atoms with E-state index in [4.69, 9.17) is 39.2 Å². The number of hydrogen-bond acceptors (Lipinski definition) is 5. The van der Waals surface area contributed by atoms with Crippen molar-refractivity contribution in [1.82, 2.24) is 20.2 Å². The molecule has 0 atom stereocenters. The maximum atomic E-state index is 6.30. The normalized spacial score (nSPS) is 11.2. The van der Waals surface area contributed by atoms with Crippen LogP contribution in [0.1, 0.15) is 0 Å². The number of nitrogens with zero attached hydrogens (tertiary/aromatic N) is 3. The minimum atomic E-state index is 0.264. The number of imidazole rings is 1. The molecular weight excluding hydrogens is 445 g/mol. The van der Waals surface area contributed by atoms with Crippen LogP contribution in [0.4, 0.5) is 11.7 Å². The van der Waals surface area contributed by atoms with Crippen LogP contribution >= 0.6 is 34.8 Å². The molecule has 5 aromatic rings. The van der Waals surface area contributed by atoms with E-state index in [1.165, 1.54) is 0 Å². The van der Waals surface area contributed by atoms with Crippen molar-refractivity contribution in [3.05, 3.63) is 75.7 Å². The Balaban J connectivity index is 1.47. The predicted molar refractivity (Wildman–Crippen MR) is 120 cm³/mol. The molecule has 0 bridgehead atoms. The summed E-state index contributed by atoms with van der Waals surface area (Å²) >= 11 is 18.6. The number of nitrogens with one attached hydrogen (secondary N) is 2. The van der Waals surface area contributed by atoms with Gasteiger partial charge in [0.2, 0.25) is 5.89 Å². The van der Waals surface area contributed by atoms with Crippen molar-refractivity contribution >= 4 is 57.5 Å². The van der Waals surface area contributed by atoms with Crippen molar-refractivity contribution in [3.63, 3.8) is 0 Å². The highest BCUT2D eigenvalue weighted by Gasteiger charge is 2.15. The molecule has 5 rings (SSSR count). The summed E-state index contributed by atoms with van der Waals surface area (Å²) in [5, 5.41) is 12.9. The largest absolute Gasteiger partial charge is 0.403 e. The lowest BCUT2D eigenvalue weighted by Crippen LogP contribution is -1.89. The summed E-state index contributed by atoms with van der Waals surface area (Å²) in [4.78, 5) is 7.85. The summed E-state index contributed by atoms with van der Waals surface area (Å²) in [5.41, 5.74) is 3.71. The van der Waals surface area contributed by atoms with Gasteiger partial charge in [-0.05, 0) is 48.5 Å². The van der Waals surface area contributed by atoms with Gasteiger partial charge in [-0.15, -0.1) is 5.10 Å². The molecule has 6 nitrogen and oxygen atoms in total. The molecule has 0 spiro atoms. The first kappa shape index (κ1) is 18.9. The molecule has 148 valence electrons. The van der Waals surface area contributed by atoms with Gasteiger partial charge in [-0.3, -0.25) is 0 Å². The molecule has 0 unspecified atom stereocenters. The number of hydrogen-bond donors (Lipinski definition) is 2. The van der Waals surface area contributed by atoms with Crippen molar-refractivity contribution in [2.24, 2.45) is 0 Å². The molecule has 2 heterocycles. The van der Waals surface area contributed by atoms with Gasteiger partial charge in [0.05, 0.1) is 26.6 Å². The third-order valence-corrected chi connectivity index (χ3v) is 5.29. The molecule has 0 saturated heterocycles. The topological polar surface area (TPSA) is 79.6 Å². The molecule has 2 N–H and O–H groups in total. The van der Waals surface area contributed by atoms with Crippen LogP contribution in [0.3, 0.4) is 0 Å². The van der Waals surface area contributed by atoms with Crippen LogP contribution in [0, 0.1) is 0 Å². The smallest absolute Gasteiger partial charge is 0.320 e. The first-order valence-corrected chi connectivity index (χ1v) is 10.0. The van der Waals surface area contributed by atoms with E-state index in [1.807, 2.05) is 30.3 Å². The highest BCUT2D eigenvalue weighted by Crippen LogP contribution is 2.34. The Bertz CT molecular complexity index is 1360. The van der Waals surface area contributed by atoms with Gasteiger partial charge >= 0.3 is 6.01 Å². The van der Waals surface area contributed by atoms with Gasteiger partial charge in [0.25, 0.3) is 0 Å². The number of aromatic amines is 1. The molecule has 0 aliphatic rings. The Hall–Kier alpha value is -3.06. The number of aromatic nitrogens is 4. The Morgan fingerprint density at radius 3 is 2.47 bits per heavy atom. The zero-order chi connectivity index (χ0) is 20.7. The van der Waals surface area contributed by atoms with Gasteiger partial charge in [0, 0.05) is 16.3 Å². The molecule has 3 aromatic carbocycles. The predicted octanol–water partition coefficient (Wildman–Crippen LogP) is 6.98. The maximum Gasteiger partial charge on any atom is 0.320 e. The number of benzene rings is 3. The highest BCUT2D eigenvalue weighted by molar-refractivity contribution is 6.39. The number of halogens is 3. The molecular formula is C21H12Cl3N5O. The van der Waals surface area contributed by atoms with Crippen molar-refractivity contribution in [2.45, 2.75) is 0 Å². The monoisotopic (exact) mass is 455 g/mol. The molecule has 0 fully saturated rings. The third kappa shape index (κ3) is 3.61. The average Bonchev–Trinajstić information content (AvgIpc) is 3.34. The highest BCUT2D eigenvalue weighted by atomic mass is 35.5. The SMILES string of the molecule is Clc1cccc(Nc2nnc(-c3ccc4nc(-c5c(Cl)cccc5Cl)[nH]c4c3)o2)c1. The summed E-state index contributed by atoms with van der Waals surface area (Å²) in [6, 6.07) is 18.4. The second-order valence-electron chi connectivity index (χ2n) is 6.46. The lowest BCUT2D eigenvalue weighted by molar-refractivity contribution is 0.588. The van der Waals surface area contributed by atoms with Gasteiger partial charge < -0.3 is 14.7 Å². The summed E-state index contributed by atoms with van der Waals surface area (Å²) in [7, 11) is 0. The quantitative estimate of drug-likeness (QED) is 0.305. The van der Waals surface area contributed by atoms with Gasteiger partial charge in [0.1, 0.15) is 5.82 Å². The third-order valence-electron chi connectivity index (χ3n) is 4.43. The van der Waals surface area contributed by atoms with Crippen LogP contribution in [0.15, 0.2) is 65.1 Å². The van der Waals surface area contributed by atoms with E-state index in [0.29, 0.717) is 32.3 Å². The first-order chi connectivity index (χ1) is 14.6. The fraction of sp³-hybridized carbons (Fsp3) is 0. The molecule has 2 aromatic heterocycles. The van der Waals surface area contributed by atoms with E-state index in [-0.39, 0.29) is 6.01 Å². The summed E-state index contributed by atoms with van der Waals surface area (Å²) in [6.07, 6.45) is 0. The molecule has 30 heavy (non-hydrogen) atoms. The summed E-state index contributed by atoms with van der Waals surface area (Å²) in [5.74, 6) is 0.958. The van der Waals surface area contributed by atoms with Crippen molar-refractivity contribution < 1.29 is 4.42 Å². The number of fused-ring (bicyclic) bond motifs is 1. The fourth-order valence-corrected chi connectivity index (χ4v) is 3.83. The minimum Gasteiger partial charge on any atom is -0.403 e. The zero-order valence-corrected chi connectivity index (χ0v) is 17.4. The molecule has 0 radical (unpaired) electrons. The first-order valence-electron chi connectivity index (χ1n) is 8.87. The van der Waals surface area contributed by atoms with Crippen LogP contribution in [-0.4, -0.2) is 20.2 Å². The van der Waals surface area contributed by atoms with Gasteiger partial charge in [-0.25, -0.2) is 4.98 Å². The molecule has 0 aliphatic carbocycles. The van der Waals surface area contributed by atoms with E-state index >= 15 is 0 Å². The summed E-state index contributed by atoms with van der Waals surface area (Å²) in [6.45, 7) is 0. The number of rotatable bonds is 4. The Kier molecular flexibility index (Phi) is 4.83. The van der Waals surface area contributed by atoms with E-state index in [1.54, 1.807) is 30.3 Å². The molecule has 9 heteroatoms. The van der Waals surface area contributed by atoms with Crippen LogP contribution < -0.4 is 5.32 Å². The van der Waals surface area contributed by atoms with Gasteiger partial charge in [-0.2, -0.15) is 0 Å². The molecule has 0 saturated carbocycles. The van der Waals surface area contributed by atoms with E-state index in [0.717, 1.165) is 22.3 Å². The second-order valence-corrected chi connectivity index (χ2v) is 7.71. The van der Waals surface area contributed by atoms with Crippen molar-refractivity contribution in [3.8, 4) is 22.8 Å². The second kappa shape index (κ2) is 7.65. The molecule has 0 aliphatic heterocycles. The summed E-state index contributed by atoms with van der Waals surface area (Å²) < 4.78 is 5.74. The van der Waals surface area contributed by atoms with Crippen molar-refractivity contribution in [1.29, 1.82) is 0 Å². The average molecular weight is 457 g/mol. The maximum absolute atomic E-state index is 6.30. The number of H-pyrrole nitrogens is 1. The van der Waals surface area contributed by atoms with Crippen LogP contribution in [0.25, 0.3) is 33.9 Å². The fourth-order valence-electron chi connectivity index (χ4n) is 3.07. The Labute approximate surface area is 185 Å². The van der Waals surface area contributed by atoms with Crippen LogP contribution in [-0.2, 0) is 0 Å². The van der Waals surface area contributed by atoms with Gasteiger partial charge in [0.15, 0.2) is 0 Å². The van der Waals surface area contributed by atoms with E-state index in [9.17, 15) is 0 Å². The van der Waals surface area contributed by atoms with E-state index < -0.39 is 0 Å². The Morgan fingerprint density at radius 1 is 0.867 bits per heavy atom. The zero-order valence-electron chi connectivity index (χ0n) is 15.2. The van der Waals surface area contributed by atoms with Crippen LogP contribution in [0.2, 0.25) is 15.1 Å². The van der Waals surface area contributed by atoms with E-state index in [2.05, 4.69) is 25.5 Å². The van der Waals surface area contributed by atoms with Crippen LogP contribution in [0.5, 0.6) is 0 Å². The molecule has 0 amide bonds. The number of anilines is 2. The Morgan fingerprint density at radius 2 is 1.67 bits per heavy atom. The standard InChI is InChI=1S/C21H12Cl3N5O/c22-12-3-1-4-13(10-12)25-21-29-28-20(30-21)11-7-8-16-17(9-11)27-19(26-16)18-14(23)5-2-6-15(18)24/h1-10H,(H,25,29)(H,26,27). The minimum absolute atomic E-state index is 0.264.